The van der Waals surface area contributed by atoms with E-state index in [4.69, 9.17) is 11.6 Å². The number of halogens is 1. The molecule has 3 heterocycles. The Morgan fingerprint density at radius 3 is 2.76 bits per heavy atom. The molecule has 0 saturated carbocycles. The first-order valence-electron chi connectivity index (χ1n) is 11.6. The number of amides is 2. The molecule has 2 amide bonds. The molecule has 0 bridgehead atoms. The average Bonchev–Trinajstić information content (AvgIpc) is 3.33. The lowest BCUT2D eigenvalue weighted by Crippen LogP contribution is -2.48. The highest BCUT2D eigenvalue weighted by molar-refractivity contribution is 6.32. The first-order chi connectivity index (χ1) is 16.5. The monoisotopic (exact) mass is 483 g/mol. The van der Waals surface area contributed by atoms with E-state index in [1.165, 1.54) is 6.08 Å². The third-order valence-electron chi connectivity index (χ3n) is 6.22. The van der Waals surface area contributed by atoms with Gasteiger partial charge in [-0.15, -0.1) is 0 Å². The molecule has 9 nitrogen and oxygen atoms in total. The number of likely N-dealkylation sites (N-methyl/N-ethyl adjacent to an activating group) is 1. The molecule has 0 radical (unpaired) electrons. The largest absolute Gasteiger partial charge is 0.353 e. The maximum atomic E-state index is 13.0. The highest BCUT2D eigenvalue weighted by Crippen LogP contribution is 2.28. The van der Waals surface area contributed by atoms with Crippen molar-refractivity contribution in [2.24, 2.45) is 0 Å². The summed E-state index contributed by atoms with van der Waals surface area (Å²) in [5.41, 5.74) is 1.35. The lowest BCUT2D eigenvalue weighted by Gasteiger charge is -2.34. The minimum atomic E-state index is -0.190. The Balaban J connectivity index is 1.43. The van der Waals surface area contributed by atoms with E-state index < -0.39 is 0 Å². The molecule has 2 aliphatic rings. The molecule has 4 rings (SSSR count). The van der Waals surface area contributed by atoms with Crippen molar-refractivity contribution in [2.45, 2.75) is 19.4 Å². The van der Waals surface area contributed by atoms with Gasteiger partial charge in [-0.2, -0.15) is 4.98 Å². The van der Waals surface area contributed by atoms with Crippen molar-refractivity contribution in [1.29, 1.82) is 0 Å². The molecule has 0 aliphatic carbocycles. The van der Waals surface area contributed by atoms with Gasteiger partial charge in [-0.3, -0.25) is 9.59 Å². The van der Waals surface area contributed by atoms with E-state index in [-0.39, 0.29) is 17.9 Å². The van der Waals surface area contributed by atoms with Crippen LogP contribution in [0.3, 0.4) is 0 Å². The van der Waals surface area contributed by atoms with Crippen LogP contribution in [0.15, 0.2) is 43.1 Å². The summed E-state index contributed by atoms with van der Waals surface area (Å²) in [7, 11) is 0. The van der Waals surface area contributed by atoms with Gasteiger partial charge in [0.1, 0.15) is 5.02 Å². The normalized spacial score (nSPS) is 18.6. The van der Waals surface area contributed by atoms with Crippen molar-refractivity contribution in [1.82, 2.24) is 25.1 Å². The summed E-state index contributed by atoms with van der Waals surface area (Å²) in [6, 6.07) is 7.38. The number of nitrogens with one attached hydrogen (secondary N) is 2. The van der Waals surface area contributed by atoms with E-state index in [0.717, 1.165) is 44.8 Å². The van der Waals surface area contributed by atoms with Gasteiger partial charge in [-0.05, 0) is 37.2 Å². The maximum absolute atomic E-state index is 13.0. The second-order valence-corrected chi connectivity index (χ2v) is 8.85. The van der Waals surface area contributed by atoms with Gasteiger partial charge < -0.3 is 25.3 Å². The summed E-state index contributed by atoms with van der Waals surface area (Å²) in [6.45, 7) is 11.2. The van der Waals surface area contributed by atoms with Crippen molar-refractivity contribution in [2.75, 3.05) is 56.0 Å². The number of benzene rings is 1. The standard InChI is InChI=1S/C24H30ClN7O2/c1-3-21(33)27-19-8-9-32(16-19)22-20(25)15-26-24(29-22)28-18-7-5-6-17(14-18)23(34)31-12-10-30(4-2)11-13-31/h3,5-7,14-15,19H,1,4,8-13,16H2,2H3,(H,27,33)(H,26,28,29)/t19-/m1/s1. The number of rotatable bonds is 7. The lowest BCUT2D eigenvalue weighted by molar-refractivity contribution is -0.117. The van der Waals surface area contributed by atoms with Crippen LogP contribution in [0.1, 0.15) is 23.7 Å². The minimum absolute atomic E-state index is 0.00910. The predicted molar refractivity (Wildman–Crippen MR) is 134 cm³/mol. The van der Waals surface area contributed by atoms with E-state index in [2.05, 4.69) is 39.0 Å². The van der Waals surface area contributed by atoms with E-state index in [0.29, 0.717) is 35.4 Å². The molecule has 10 heteroatoms. The zero-order valence-corrected chi connectivity index (χ0v) is 20.1. The van der Waals surface area contributed by atoms with Crippen molar-refractivity contribution < 1.29 is 9.59 Å². The Bertz CT molecular complexity index is 1060. The number of carbonyl (C=O) groups excluding carboxylic acids is 2. The van der Waals surface area contributed by atoms with Crippen LogP contribution in [0, 0.1) is 0 Å². The minimum Gasteiger partial charge on any atom is -0.353 e. The molecule has 0 spiro atoms. The highest BCUT2D eigenvalue weighted by atomic mass is 35.5. The molecular formula is C24H30ClN7O2. The van der Waals surface area contributed by atoms with Crippen LogP contribution in [-0.2, 0) is 4.79 Å². The molecular weight excluding hydrogens is 454 g/mol. The van der Waals surface area contributed by atoms with Gasteiger partial charge in [0.25, 0.3) is 5.91 Å². The van der Waals surface area contributed by atoms with Crippen molar-refractivity contribution in [3.63, 3.8) is 0 Å². The zero-order chi connectivity index (χ0) is 24.1. The lowest BCUT2D eigenvalue weighted by atomic mass is 10.1. The molecule has 1 aromatic carbocycles. The fourth-order valence-corrected chi connectivity index (χ4v) is 4.49. The molecule has 2 fully saturated rings. The van der Waals surface area contributed by atoms with Crippen LogP contribution in [0.5, 0.6) is 0 Å². The van der Waals surface area contributed by atoms with E-state index >= 15 is 0 Å². The topological polar surface area (TPSA) is 93.7 Å². The summed E-state index contributed by atoms with van der Waals surface area (Å²) in [4.78, 5) is 39.8. The van der Waals surface area contributed by atoms with Crippen LogP contribution in [-0.4, -0.2) is 83.4 Å². The van der Waals surface area contributed by atoms with Gasteiger partial charge in [-0.1, -0.05) is 31.2 Å². The Labute approximate surface area is 204 Å². The fraction of sp³-hybridized carbons (Fsp3) is 0.417. The van der Waals surface area contributed by atoms with Crippen LogP contribution in [0.2, 0.25) is 5.02 Å². The van der Waals surface area contributed by atoms with Gasteiger partial charge in [0, 0.05) is 56.6 Å². The molecule has 2 saturated heterocycles. The molecule has 2 aliphatic heterocycles. The van der Waals surface area contributed by atoms with Crippen LogP contribution in [0.25, 0.3) is 0 Å². The maximum Gasteiger partial charge on any atom is 0.254 e. The van der Waals surface area contributed by atoms with Crippen molar-refractivity contribution >= 4 is 40.9 Å². The number of hydrogen-bond acceptors (Lipinski definition) is 7. The third-order valence-corrected chi connectivity index (χ3v) is 6.48. The average molecular weight is 484 g/mol. The fourth-order valence-electron chi connectivity index (χ4n) is 4.28. The number of nitrogens with zero attached hydrogens (tertiary/aromatic N) is 5. The van der Waals surface area contributed by atoms with E-state index in [9.17, 15) is 9.59 Å². The Kier molecular flexibility index (Phi) is 7.64. The zero-order valence-electron chi connectivity index (χ0n) is 19.3. The van der Waals surface area contributed by atoms with Gasteiger partial charge in [0.2, 0.25) is 11.9 Å². The van der Waals surface area contributed by atoms with Crippen molar-refractivity contribution in [3.05, 3.63) is 53.7 Å². The molecule has 1 aromatic heterocycles. The second-order valence-electron chi connectivity index (χ2n) is 8.44. The van der Waals surface area contributed by atoms with Crippen LogP contribution < -0.4 is 15.5 Å². The third kappa shape index (κ3) is 5.66. The van der Waals surface area contributed by atoms with Gasteiger partial charge >= 0.3 is 0 Å². The molecule has 1 atom stereocenters. The molecule has 34 heavy (non-hydrogen) atoms. The van der Waals surface area contributed by atoms with Crippen LogP contribution in [0.4, 0.5) is 17.5 Å². The SMILES string of the molecule is C=CC(=O)N[C@@H]1CCN(c2nc(Nc3cccc(C(=O)N4CCN(CC)CC4)c3)ncc2Cl)C1. The Hall–Kier alpha value is -3.17. The summed E-state index contributed by atoms with van der Waals surface area (Å²) >= 11 is 6.38. The van der Waals surface area contributed by atoms with Gasteiger partial charge in [0.15, 0.2) is 5.82 Å². The number of aromatic nitrogens is 2. The summed E-state index contributed by atoms with van der Waals surface area (Å²) < 4.78 is 0. The Morgan fingerprint density at radius 2 is 2.03 bits per heavy atom. The summed E-state index contributed by atoms with van der Waals surface area (Å²) in [5.74, 6) is 0.834. The summed E-state index contributed by atoms with van der Waals surface area (Å²) in [6.07, 6.45) is 3.62. The van der Waals surface area contributed by atoms with E-state index in [1.807, 2.05) is 34.1 Å². The quantitative estimate of drug-likeness (QED) is 0.584. The molecule has 0 unspecified atom stereocenters. The number of piperazine rings is 1. The molecule has 180 valence electrons. The van der Waals surface area contributed by atoms with Gasteiger partial charge in [0.05, 0.1) is 6.20 Å². The smallest absolute Gasteiger partial charge is 0.254 e. The van der Waals surface area contributed by atoms with E-state index in [1.54, 1.807) is 6.20 Å². The van der Waals surface area contributed by atoms with Crippen LogP contribution >= 0.6 is 11.6 Å². The molecule has 2 N–H and O–H groups in total. The molecule has 2 aromatic rings. The number of carbonyl (C=O) groups is 2. The predicted octanol–water partition coefficient (Wildman–Crippen LogP) is 2.53. The Morgan fingerprint density at radius 1 is 1.24 bits per heavy atom. The highest BCUT2D eigenvalue weighted by Gasteiger charge is 2.26. The number of anilines is 3. The van der Waals surface area contributed by atoms with Gasteiger partial charge in [-0.25, -0.2) is 4.98 Å². The number of hydrogen-bond donors (Lipinski definition) is 2. The first-order valence-corrected chi connectivity index (χ1v) is 11.9. The first kappa shape index (κ1) is 24.0. The van der Waals surface area contributed by atoms with Crippen molar-refractivity contribution in [3.8, 4) is 0 Å². The second kappa shape index (κ2) is 10.8. The summed E-state index contributed by atoms with van der Waals surface area (Å²) in [5, 5.41) is 6.55.